The number of ether oxygens (including phenoxy) is 1. The van der Waals surface area contributed by atoms with E-state index in [1.54, 1.807) is 0 Å². The molecule has 5 aromatic carbocycles. The van der Waals surface area contributed by atoms with Crippen LogP contribution in [0, 0.1) is 0 Å². The van der Waals surface area contributed by atoms with Gasteiger partial charge in [-0.05, 0) is 94.0 Å². The van der Waals surface area contributed by atoms with Gasteiger partial charge >= 0.3 is 0 Å². The molecule has 0 amide bonds. The first kappa shape index (κ1) is 33.7. The Kier molecular flexibility index (Phi) is 9.80. The Bertz CT molecular complexity index is 2500. The van der Waals surface area contributed by atoms with Crippen molar-refractivity contribution >= 4 is 38.8 Å². The second-order valence-corrected chi connectivity index (χ2v) is 13.5. The molecule has 0 spiro atoms. The van der Waals surface area contributed by atoms with E-state index in [1.165, 1.54) is 33.4 Å². The van der Waals surface area contributed by atoms with Crippen molar-refractivity contribution in [3.8, 4) is 11.1 Å². The van der Waals surface area contributed by atoms with Gasteiger partial charge in [0, 0.05) is 30.0 Å². The van der Waals surface area contributed by atoms with Crippen molar-refractivity contribution in [1.29, 1.82) is 0 Å². The van der Waals surface area contributed by atoms with Crippen molar-refractivity contribution in [3.05, 3.63) is 216 Å². The lowest BCUT2D eigenvalue weighted by Gasteiger charge is -2.19. The molecular weight excluding hydrogens is 647 g/mol. The fourth-order valence-corrected chi connectivity index (χ4v) is 6.91. The topological polar surface area (TPSA) is 34.7 Å². The normalized spacial score (nSPS) is 16.2. The minimum absolute atomic E-state index is 0.0363. The summed E-state index contributed by atoms with van der Waals surface area (Å²) >= 11 is 0. The maximum Gasteiger partial charge on any atom is 0.135 e. The number of hydrogen-bond donors (Lipinski definition) is 0. The van der Waals surface area contributed by atoms with E-state index < -0.39 is 0 Å². The summed E-state index contributed by atoms with van der Waals surface area (Å²) in [7, 11) is 0. The molecule has 0 aliphatic heterocycles. The third-order valence-electron chi connectivity index (χ3n) is 9.88. The molecule has 2 aliphatic rings. The van der Waals surface area contributed by atoms with Gasteiger partial charge in [-0.2, -0.15) is 0 Å². The van der Waals surface area contributed by atoms with Crippen LogP contribution in [0.2, 0.25) is 0 Å². The van der Waals surface area contributed by atoms with E-state index in [-0.39, 0.29) is 6.10 Å². The van der Waals surface area contributed by atoms with E-state index in [0.717, 1.165) is 56.7 Å². The van der Waals surface area contributed by atoms with Crippen molar-refractivity contribution in [1.82, 2.24) is 0 Å². The first-order chi connectivity index (χ1) is 26.1. The molecule has 0 saturated carbocycles. The van der Waals surface area contributed by atoms with Gasteiger partial charge in [-0.15, -0.1) is 0 Å². The Morgan fingerprint density at radius 3 is 2.11 bits per heavy atom. The predicted octanol–water partition coefficient (Wildman–Crippen LogP) is 13.2. The molecule has 0 radical (unpaired) electrons. The molecular formula is C50H41NO2. The number of benzene rings is 5. The first-order valence-corrected chi connectivity index (χ1v) is 18.3. The molecule has 8 rings (SSSR count). The fraction of sp³-hybridized carbons (Fsp3) is 0.100. The Balaban J connectivity index is 0.954. The minimum atomic E-state index is -0.0363. The lowest BCUT2D eigenvalue weighted by atomic mass is 9.96. The molecule has 1 aromatic heterocycles. The summed E-state index contributed by atoms with van der Waals surface area (Å²) in [6.07, 6.45) is 19.4. The Morgan fingerprint density at radius 1 is 0.755 bits per heavy atom. The fourth-order valence-electron chi connectivity index (χ4n) is 6.91. The van der Waals surface area contributed by atoms with Crippen molar-refractivity contribution < 1.29 is 9.15 Å². The third kappa shape index (κ3) is 7.75. The molecule has 3 nitrogen and oxygen atoms in total. The Hall–Kier alpha value is -6.45. The number of nitrogens with zero attached hydrogens (tertiary/aromatic N) is 1. The largest absolute Gasteiger partial charge is 0.490 e. The molecule has 1 heterocycles. The molecule has 0 saturated heterocycles. The van der Waals surface area contributed by atoms with E-state index in [4.69, 9.17) is 14.1 Å². The van der Waals surface area contributed by atoms with E-state index in [9.17, 15) is 0 Å². The maximum atomic E-state index is 6.50. The van der Waals surface area contributed by atoms with Crippen LogP contribution >= 0.6 is 0 Å². The van der Waals surface area contributed by atoms with Crippen LogP contribution in [0.4, 0.5) is 0 Å². The summed E-state index contributed by atoms with van der Waals surface area (Å²) in [4.78, 5) is 5.07. The van der Waals surface area contributed by atoms with E-state index in [1.807, 2.05) is 18.2 Å². The molecule has 53 heavy (non-hydrogen) atoms. The summed E-state index contributed by atoms with van der Waals surface area (Å²) < 4.78 is 12.7. The molecule has 0 fully saturated rings. The van der Waals surface area contributed by atoms with Crippen LogP contribution < -0.4 is 0 Å². The van der Waals surface area contributed by atoms with E-state index >= 15 is 0 Å². The maximum absolute atomic E-state index is 6.50. The number of furan rings is 1. The average Bonchev–Trinajstić information content (AvgIpc) is 3.42. The van der Waals surface area contributed by atoms with Gasteiger partial charge in [0.1, 0.15) is 23.0 Å². The summed E-state index contributed by atoms with van der Waals surface area (Å²) in [6, 6.07) is 44.2. The number of rotatable bonds is 10. The van der Waals surface area contributed by atoms with Crippen LogP contribution in [0.1, 0.15) is 42.9 Å². The Labute approximate surface area is 311 Å². The molecule has 2 aliphatic carbocycles. The molecule has 1 unspecified atom stereocenters. The highest BCUT2D eigenvalue weighted by molar-refractivity contribution is 6.07. The average molecular weight is 688 g/mol. The van der Waals surface area contributed by atoms with Crippen LogP contribution in [0.15, 0.2) is 209 Å². The van der Waals surface area contributed by atoms with Crippen LogP contribution in [-0.4, -0.2) is 11.8 Å². The molecule has 6 aromatic rings. The van der Waals surface area contributed by atoms with Crippen molar-refractivity contribution in [3.63, 3.8) is 0 Å². The minimum Gasteiger partial charge on any atom is -0.490 e. The SMILES string of the molecule is C=C(N=C(C/C=C(/C)c1ccccc1)c1ccccc1)C1=CC=C(OC2C=CC(c3ccc4oc5ccc(-c6ccccc6)cc5c4c3)=CC2)CC=C1. The van der Waals surface area contributed by atoms with Crippen LogP contribution in [0.3, 0.4) is 0 Å². The van der Waals surface area contributed by atoms with Gasteiger partial charge in [-0.1, -0.05) is 140 Å². The third-order valence-corrected chi connectivity index (χ3v) is 9.88. The summed E-state index contributed by atoms with van der Waals surface area (Å²) in [6.45, 7) is 6.53. The van der Waals surface area contributed by atoms with Crippen LogP contribution in [-0.2, 0) is 4.74 Å². The van der Waals surface area contributed by atoms with Gasteiger partial charge in [0.15, 0.2) is 0 Å². The van der Waals surface area contributed by atoms with Crippen LogP contribution in [0.5, 0.6) is 0 Å². The molecule has 1 atom stereocenters. The van der Waals surface area contributed by atoms with Crippen molar-refractivity contribution in [2.45, 2.75) is 32.3 Å². The van der Waals surface area contributed by atoms with Gasteiger partial charge in [0.25, 0.3) is 0 Å². The predicted molar refractivity (Wildman–Crippen MR) is 223 cm³/mol. The zero-order valence-electron chi connectivity index (χ0n) is 29.9. The van der Waals surface area contributed by atoms with Gasteiger partial charge in [0.2, 0.25) is 0 Å². The lowest BCUT2D eigenvalue weighted by molar-refractivity contribution is 0.152. The lowest BCUT2D eigenvalue weighted by Crippen LogP contribution is -2.11. The summed E-state index contributed by atoms with van der Waals surface area (Å²) in [5.74, 6) is 0.921. The van der Waals surface area contributed by atoms with Gasteiger partial charge in [-0.25, -0.2) is 0 Å². The van der Waals surface area contributed by atoms with E-state index in [2.05, 4.69) is 171 Å². The van der Waals surface area contributed by atoms with Gasteiger partial charge in [-0.3, -0.25) is 4.99 Å². The Morgan fingerprint density at radius 2 is 1.42 bits per heavy atom. The quantitative estimate of drug-likeness (QED) is 0.134. The standard InChI is InChI=1S/C50H41NO2/c1-35(37-13-6-3-7-14-37)21-30-48(41-17-10-5-11-18-41)51-36(2)38-19-12-20-44(27-22-38)52-45-28-23-40(24-29-45)43-26-32-50-47(34-43)46-33-42(25-31-49(46)53-50)39-15-8-4-9-16-39/h3-19,21-28,31-34,45H,2,20,29-30H2,1H3/b35-21-,51-48?. The smallest absolute Gasteiger partial charge is 0.135 e. The monoisotopic (exact) mass is 687 g/mol. The van der Waals surface area contributed by atoms with E-state index in [0.29, 0.717) is 12.8 Å². The molecule has 258 valence electrons. The molecule has 3 heteroatoms. The number of hydrogen-bond acceptors (Lipinski definition) is 3. The highest BCUT2D eigenvalue weighted by Crippen LogP contribution is 2.35. The first-order valence-electron chi connectivity index (χ1n) is 18.3. The number of fused-ring (bicyclic) bond motifs is 3. The van der Waals surface area contributed by atoms with Gasteiger partial charge < -0.3 is 9.15 Å². The second kappa shape index (κ2) is 15.4. The zero-order valence-corrected chi connectivity index (χ0v) is 29.9. The highest BCUT2D eigenvalue weighted by Gasteiger charge is 2.16. The second-order valence-electron chi connectivity index (χ2n) is 13.5. The van der Waals surface area contributed by atoms with Gasteiger partial charge in [0.05, 0.1) is 11.4 Å². The molecule has 0 N–H and O–H groups in total. The number of allylic oxidation sites excluding steroid dienone is 8. The zero-order chi connectivity index (χ0) is 36.0. The van der Waals surface area contributed by atoms with Crippen molar-refractivity contribution in [2.75, 3.05) is 0 Å². The van der Waals surface area contributed by atoms with Crippen molar-refractivity contribution in [2.24, 2.45) is 4.99 Å². The summed E-state index contributed by atoms with van der Waals surface area (Å²) in [5, 5.41) is 2.26. The van der Waals surface area contributed by atoms with Crippen LogP contribution in [0.25, 0.3) is 44.2 Å². The number of aliphatic imine (C=N–C) groups is 1. The highest BCUT2D eigenvalue weighted by atomic mass is 16.5. The summed E-state index contributed by atoms with van der Waals surface area (Å²) in [5.41, 5.74) is 12.8. The molecule has 0 bridgehead atoms.